The summed E-state index contributed by atoms with van der Waals surface area (Å²) in [6, 6.07) is 4.85. The molecule has 1 atom stereocenters. The number of fused-ring (bicyclic) bond motifs is 1. The highest BCUT2D eigenvalue weighted by Crippen LogP contribution is 2.35. The summed E-state index contributed by atoms with van der Waals surface area (Å²) in [4.78, 5) is 20.4. The van der Waals surface area contributed by atoms with Crippen molar-refractivity contribution in [2.75, 3.05) is 31.1 Å². The molecule has 0 bridgehead atoms. The molecule has 2 saturated heterocycles. The minimum absolute atomic E-state index is 0.654. The van der Waals surface area contributed by atoms with E-state index in [1.807, 2.05) is 17.8 Å². The molecule has 0 radical (unpaired) electrons. The van der Waals surface area contributed by atoms with E-state index in [4.69, 9.17) is 9.97 Å². The van der Waals surface area contributed by atoms with Crippen molar-refractivity contribution in [3.63, 3.8) is 0 Å². The predicted octanol–water partition coefficient (Wildman–Crippen LogP) is 4.00. The molecule has 3 aromatic rings. The largest absolute Gasteiger partial charge is 0.338 e. The monoisotopic (exact) mass is 383 g/mol. The van der Waals surface area contributed by atoms with E-state index in [1.54, 1.807) is 22.7 Å². The van der Waals surface area contributed by atoms with Crippen LogP contribution in [0, 0.1) is 0 Å². The summed E-state index contributed by atoms with van der Waals surface area (Å²) in [6.45, 7) is 4.41. The molecule has 5 rings (SSSR count). The van der Waals surface area contributed by atoms with E-state index in [0.29, 0.717) is 6.04 Å². The molecule has 2 aliphatic heterocycles. The Balaban J connectivity index is 1.49. The number of hydrogen-bond donors (Lipinski definition) is 0. The Labute approximate surface area is 161 Å². The van der Waals surface area contributed by atoms with Crippen molar-refractivity contribution in [1.82, 2.24) is 19.9 Å². The van der Waals surface area contributed by atoms with E-state index < -0.39 is 0 Å². The van der Waals surface area contributed by atoms with E-state index in [1.165, 1.54) is 30.7 Å². The van der Waals surface area contributed by atoms with Gasteiger partial charge in [0.2, 0.25) is 5.95 Å². The van der Waals surface area contributed by atoms with Gasteiger partial charge < -0.3 is 4.90 Å². The summed E-state index contributed by atoms with van der Waals surface area (Å²) in [5.74, 6) is 0.848. The number of anilines is 1. The van der Waals surface area contributed by atoms with Gasteiger partial charge in [-0.1, -0.05) is 12.5 Å². The minimum Gasteiger partial charge on any atom is -0.338 e. The van der Waals surface area contributed by atoms with Crippen molar-refractivity contribution >= 4 is 28.6 Å². The number of piperidine rings is 1. The lowest BCUT2D eigenvalue weighted by atomic mass is 10.00. The number of rotatable bonds is 3. The quantitative estimate of drug-likeness (QED) is 0.684. The highest BCUT2D eigenvalue weighted by Gasteiger charge is 2.30. The average Bonchev–Trinajstić information content (AvgIpc) is 3.41. The maximum atomic E-state index is 4.98. The van der Waals surface area contributed by atoms with Gasteiger partial charge in [-0.15, -0.1) is 22.7 Å². The average molecular weight is 384 g/mol. The molecule has 0 N–H and O–H groups in total. The number of hydrogen-bond acceptors (Lipinski definition) is 7. The van der Waals surface area contributed by atoms with Crippen LogP contribution in [0.25, 0.3) is 21.1 Å². The molecule has 0 aliphatic carbocycles. The first kappa shape index (κ1) is 16.4. The van der Waals surface area contributed by atoms with Gasteiger partial charge in [0.1, 0.15) is 10.7 Å². The normalized spacial score (nSPS) is 20.9. The third-order valence-electron chi connectivity index (χ3n) is 5.32. The van der Waals surface area contributed by atoms with Gasteiger partial charge in [-0.25, -0.2) is 15.0 Å². The molecule has 0 spiro atoms. The fourth-order valence-corrected chi connectivity index (χ4v) is 5.35. The molecule has 2 aliphatic rings. The zero-order valence-corrected chi connectivity index (χ0v) is 16.2. The molecule has 0 aromatic carbocycles. The molecule has 0 saturated carbocycles. The Kier molecular flexibility index (Phi) is 4.44. The number of nitrogens with zero attached hydrogens (tertiary/aromatic N) is 5. The summed E-state index contributed by atoms with van der Waals surface area (Å²) in [5.41, 5.74) is 2.04. The molecule has 0 unspecified atom stereocenters. The molecule has 5 nitrogen and oxygen atoms in total. The second kappa shape index (κ2) is 7.06. The molecular weight excluding hydrogens is 362 g/mol. The van der Waals surface area contributed by atoms with Crippen molar-refractivity contribution in [2.24, 2.45) is 0 Å². The van der Waals surface area contributed by atoms with Gasteiger partial charge >= 0.3 is 0 Å². The number of piperazine rings is 1. The van der Waals surface area contributed by atoms with Gasteiger partial charge in [0.25, 0.3) is 0 Å². The maximum absolute atomic E-state index is 4.98. The first-order valence-corrected chi connectivity index (χ1v) is 10.9. The van der Waals surface area contributed by atoms with Crippen LogP contribution in [0.2, 0.25) is 0 Å². The Morgan fingerprint density at radius 2 is 2.04 bits per heavy atom. The molecule has 2 fully saturated rings. The van der Waals surface area contributed by atoms with Crippen LogP contribution in [0.4, 0.5) is 5.95 Å². The van der Waals surface area contributed by atoms with Crippen LogP contribution in [0.1, 0.15) is 19.3 Å². The van der Waals surface area contributed by atoms with Gasteiger partial charge in [-0.05, 0) is 30.8 Å². The summed E-state index contributed by atoms with van der Waals surface area (Å²) in [7, 11) is 0. The number of thiazole rings is 1. The van der Waals surface area contributed by atoms with Gasteiger partial charge in [0, 0.05) is 53.9 Å². The first-order chi connectivity index (χ1) is 12.9. The highest BCUT2D eigenvalue weighted by atomic mass is 32.1. The zero-order valence-electron chi connectivity index (χ0n) is 14.5. The first-order valence-electron chi connectivity index (χ1n) is 9.18. The van der Waals surface area contributed by atoms with E-state index in [2.05, 4.69) is 32.3 Å². The Hall–Kier alpha value is -1.83. The molecule has 3 aromatic heterocycles. The Bertz CT molecular complexity index is 862. The minimum atomic E-state index is 0.654. The second-order valence-electron chi connectivity index (χ2n) is 6.88. The van der Waals surface area contributed by atoms with Crippen LogP contribution in [0.15, 0.2) is 35.3 Å². The number of aromatic nitrogens is 3. The fraction of sp³-hybridized carbons (Fsp3) is 0.421. The molecule has 7 heteroatoms. The molecule has 26 heavy (non-hydrogen) atoms. The molecule has 0 amide bonds. The molecular formula is C19H21N5S2. The van der Waals surface area contributed by atoms with Crippen molar-refractivity contribution < 1.29 is 0 Å². The van der Waals surface area contributed by atoms with Gasteiger partial charge in [-0.3, -0.25) is 4.90 Å². The van der Waals surface area contributed by atoms with Crippen molar-refractivity contribution in [3.05, 3.63) is 35.3 Å². The van der Waals surface area contributed by atoms with Crippen LogP contribution in [-0.4, -0.2) is 52.1 Å². The van der Waals surface area contributed by atoms with Gasteiger partial charge in [-0.2, -0.15) is 0 Å². The van der Waals surface area contributed by atoms with E-state index >= 15 is 0 Å². The van der Waals surface area contributed by atoms with Crippen LogP contribution in [0.5, 0.6) is 0 Å². The molecule has 134 valence electrons. The summed E-state index contributed by atoms with van der Waals surface area (Å²) < 4.78 is 0. The summed E-state index contributed by atoms with van der Waals surface area (Å²) >= 11 is 3.36. The van der Waals surface area contributed by atoms with Crippen LogP contribution < -0.4 is 4.90 Å². The Morgan fingerprint density at radius 1 is 1.04 bits per heavy atom. The summed E-state index contributed by atoms with van der Waals surface area (Å²) in [5, 5.41) is 5.07. The van der Waals surface area contributed by atoms with E-state index in [9.17, 15) is 0 Å². The predicted molar refractivity (Wildman–Crippen MR) is 108 cm³/mol. The molecule has 5 heterocycles. The fourth-order valence-electron chi connectivity index (χ4n) is 3.98. The topological polar surface area (TPSA) is 45.2 Å². The smallest absolute Gasteiger partial charge is 0.226 e. The lowest BCUT2D eigenvalue weighted by Gasteiger charge is -2.44. The van der Waals surface area contributed by atoms with Crippen molar-refractivity contribution in [1.29, 1.82) is 0 Å². The maximum Gasteiger partial charge on any atom is 0.226 e. The van der Waals surface area contributed by atoms with Gasteiger partial charge in [0.05, 0.1) is 0 Å². The standard InChI is InChI=1S/C19H21N5S2/c1-2-7-23-8-9-24(13-14(23)4-1)19-21-12-15(16-5-3-10-25-16)17(22-19)18-20-6-11-26-18/h3,5-6,10-12,14H,1-2,4,7-9,13H2/t14-/m1/s1. The lowest BCUT2D eigenvalue weighted by molar-refractivity contribution is 0.133. The van der Waals surface area contributed by atoms with Crippen molar-refractivity contribution in [2.45, 2.75) is 25.3 Å². The van der Waals surface area contributed by atoms with Crippen LogP contribution >= 0.6 is 22.7 Å². The van der Waals surface area contributed by atoms with Gasteiger partial charge in [0.15, 0.2) is 0 Å². The lowest BCUT2D eigenvalue weighted by Crippen LogP contribution is -2.55. The third kappa shape index (κ3) is 3.04. The van der Waals surface area contributed by atoms with Crippen molar-refractivity contribution in [3.8, 4) is 21.1 Å². The van der Waals surface area contributed by atoms with E-state index in [-0.39, 0.29) is 0 Å². The van der Waals surface area contributed by atoms with Crippen LogP contribution in [-0.2, 0) is 0 Å². The van der Waals surface area contributed by atoms with E-state index in [0.717, 1.165) is 41.8 Å². The summed E-state index contributed by atoms with van der Waals surface area (Å²) in [6.07, 6.45) is 7.82. The third-order valence-corrected chi connectivity index (χ3v) is 7.00. The zero-order chi connectivity index (χ0) is 17.3. The SMILES string of the molecule is c1csc(-c2cnc(N3CCN4CCCC[C@@H]4C3)nc2-c2nccs2)c1. The van der Waals surface area contributed by atoms with Crippen LogP contribution in [0.3, 0.4) is 0 Å². The number of thiophene rings is 1. The second-order valence-corrected chi connectivity index (χ2v) is 8.72. The highest BCUT2D eigenvalue weighted by molar-refractivity contribution is 7.14. The Morgan fingerprint density at radius 3 is 2.88 bits per heavy atom.